The maximum absolute atomic E-state index is 11.8. The lowest BCUT2D eigenvalue weighted by atomic mass is 9.99. The summed E-state index contributed by atoms with van der Waals surface area (Å²) in [6, 6.07) is 7.53. The summed E-state index contributed by atoms with van der Waals surface area (Å²) in [7, 11) is 0. The first kappa shape index (κ1) is 11.9. The molecule has 19 heavy (non-hydrogen) atoms. The average Bonchev–Trinajstić information content (AvgIpc) is 2.89. The van der Waals surface area contributed by atoms with Gasteiger partial charge in [0.2, 0.25) is 5.91 Å². The highest BCUT2D eigenvalue weighted by atomic mass is 16.1. The van der Waals surface area contributed by atoms with Crippen molar-refractivity contribution >= 4 is 11.6 Å². The summed E-state index contributed by atoms with van der Waals surface area (Å²) < 4.78 is 1.67. The molecule has 1 aliphatic heterocycles. The van der Waals surface area contributed by atoms with Crippen molar-refractivity contribution < 1.29 is 4.79 Å². The maximum Gasteiger partial charge on any atom is 0.224 e. The monoisotopic (exact) mass is 257 g/mol. The fourth-order valence-corrected chi connectivity index (χ4v) is 2.01. The number of hydrogen-bond donors (Lipinski definition) is 2. The first-order valence-electron chi connectivity index (χ1n) is 6.27. The number of amides is 1. The lowest BCUT2D eigenvalue weighted by molar-refractivity contribution is -0.117. The van der Waals surface area contributed by atoms with Crippen LogP contribution < -0.4 is 10.6 Å². The van der Waals surface area contributed by atoms with E-state index in [0.717, 1.165) is 24.5 Å². The molecule has 1 fully saturated rings. The second-order valence-corrected chi connectivity index (χ2v) is 4.66. The molecule has 0 saturated carbocycles. The van der Waals surface area contributed by atoms with Crippen molar-refractivity contribution in [1.82, 2.24) is 20.1 Å². The van der Waals surface area contributed by atoms with E-state index in [0.29, 0.717) is 12.3 Å². The molecule has 0 radical (unpaired) electrons. The molecule has 0 atom stereocenters. The lowest BCUT2D eigenvalue weighted by Crippen LogP contribution is -2.43. The van der Waals surface area contributed by atoms with Crippen molar-refractivity contribution in [2.45, 2.75) is 6.42 Å². The van der Waals surface area contributed by atoms with E-state index in [1.165, 1.54) is 6.33 Å². The predicted octanol–water partition coefficient (Wildman–Crippen LogP) is 0.815. The van der Waals surface area contributed by atoms with E-state index < -0.39 is 0 Å². The number of nitrogens with one attached hydrogen (secondary N) is 2. The van der Waals surface area contributed by atoms with Crippen LogP contribution in [0.15, 0.2) is 36.9 Å². The summed E-state index contributed by atoms with van der Waals surface area (Å²) in [4.78, 5) is 15.7. The van der Waals surface area contributed by atoms with E-state index in [1.807, 2.05) is 24.3 Å². The summed E-state index contributed by atoms with van der Waals surface area (Å²) in [6.45, 7) is 1.89. The molecule has 1 aliphatic rings. The second kappa shape index (κ2) is 5.19. The van der Waals surface area contributed by atoms with Crippen molar-refractivity contribution in [2.24, 2.45) is 5.92 Å². The first-order valence-corrected chi connectivity index (χ1v) is 6.27. The molecule has 1 saturated heterocycles. The van der Waals surface area contributed by atoms with E-state index in [-0.39, 0.29) is 5.91 Å². The van der Waals surface area contributed by atoms with Gasteiger partial charge < -0.3 is 10.6 Å². The normalized spacial score (nSPS) is 14.9. The molecule has 6 heteroatoms. The van der Waals surface area contributed by atoms with E-state index in [2.05, 4.69) is 20.7 Å². The van der Waals surface area contributed by atoms with Crippen LogP contribution in [0.4, 0.5) is 5.69 Å². The van der Waals surface area contributed by atoms with Crippen molar-refractivity contribution in [1.29, 1.82) is 0 Å². The van der Waals surface area contributed by atoms with Gasteiger partial charge in [-0.3, -0.25) is 4.79 Å². The van der Waals surface area contributed by atoms with Crippen LogP contribution in [0.1, 0.15) is 6.42 Å². The molecular formula is C13H15N5O. The SMILES string of the molecule is O=C(CC1CNC1)Nc1ccc(-n2cncn2)cc1. The van der Waals surface area contributed by atoms with Gasteiger partial charge in [-0.1, -0.05) is 0 Å². The Kier molecular flexibility index (Phi) is 3.24. The number of rotatable bonds is 4. The van der Waals surface area contributed by atoms with Crippen molar-refractivity contribution in [3.8, 4) is 5.69 Å². The van der Waals surface area contributed by atoms with Gasteiger partial charge in [-0.25, -0.2) is 9.67 Å². The zero-order valence-electron chi connectivity index (χ0n) is 10.4. The molecule has 98 valence electrons. The van der Waals surface area contributed by atoms with Crippen LogP contribution in [0.25, 0.3) is 5.69 Å². The molecule has 2 aromatic rings. The molecule has 0 aliphatic carbocycles. The van der Waals surface area contributed by atoms with E-state index >= 15 is 0 Å². The van der Waals surface area contributed by atoms with Gasteiger partial charge in [-0.2, -0.15) is 5.10 Å². The molecular weight excluding hydrogens is 242 g/mol. The van der Waals surface area contributed by atoms with Crippen LogP contribution in [-0.4, -0.2) is 33.8 Å². The molecule has 2 heterocycles. The number of carbonyl (C=O) groups is 1. The smallest absolute Gasteiger partial charge is 0.224 e. The molecule has 0 unspecified atom stereocenters. The second-order valence-electron chi connectivity index (χ2n) is 4.66. The van der Waals surface area contributed by atoms with Gasteiger partial charge in [-0.15, -0.1) is 0 Å². The fraction of sp³-hybridized carbons (Fsp3) is 0.308. The highest BCUT2D eigenvalue weighted by molar-refractivity contribution is 5.91. The average molecular weight is 257 g/mol. The zero-order valence-corrected chi connectivity index (χ0v) is 10.4. The van der Waals surface area contributed by atoms with Crippen LogP contribution >= 0.6 is 0 Å². The van der Waals surface area contributed by atoms with E-state index in [1.54, 1.807) is 11.0 Å². The molecule has 2 N–H and O–H groups in total. The molecule has 0 spiro atoms. The Hall–Kier alpha value is -2.21. The van der Waals surface area contributed by atoms with Gasteiger partial charge in [0.1, 0.15) is 12.7 Å². The third-order valence-electron chi connectivity index (χ3n) is 3.17. The van der Waals surface area contributed by atoms with Crippen LogP contribution in [0.2, 0.25) is 0 Å². The Morgan fingerprint density at radius 3 is 2.74 bits per heavy atom. The molecule has 6 nitrogen and oxygen atoms in total. The van der Waals surface area contributed by atoms with Crippen LogP contribution in [-0.2, 0) is 4.79 Å². The predicted molar refractivity (Wildman–Crippen MR) is 71.0 cm³/mol. The Morgan fingerprint density at radius 1 is 1.37 bits per heavy atom. The number of hydrogen-bond acceptors (Lipinski definition) is 4. The molecule has 1 aromatic carbocycles. The van der Waals surface area contributed by atoms with Crippen molar-refractivity contribution in [3.05, 3.63) is 36.9 Å². The van der Waals surface area contributed by atoms with Gasteiger partial charge in [0, 0.05) is 12.1 Å². The number of aromatic nitrogens is 3. The number of nitrogens with zero attached hydrogens (tertiary/aromatic N) is 3. The molecule has 3 rings (SSSR count). The minimum atomic E-state index is 0.0694. The van der Waals surface area contributed by atoms with Gasteiger partial charge in [-0.05, 0) is 43.3 Å². The Balaban J connectivity index is 1.61. The Labute approximate surface area is 110 Å². The highest BCUT2D eigenvalue weighted by Crippen LogP contribution is 2.14. The summed E-state index contributed by atoms with van der Waals surface area (Å²) in [5.74, 6) is 0.550. The van der Waals surface area contributed by atoms with Gasteiger partial charge in [0.25, 0.3) is 0 Å². The summed E-state index contributed by atoms with van der Waals surface area (Å²) in [5.41, 5.74) is 1.72. The molecule has 0 bridgehead atoms. The van der Waals surface area contributed by atoms with Crippen LogP contribution in [0.5, 0.6) is 0 Å². The lowest BCUT2D eigenvalue weighted by Gasteiger charge is -2.26. The number of anilines is 1. The van der Waals surface area contributed by atoms with E-state index in [9.17, 15) is 4.79 Å². The fourth-order valence-electron chi connectivity index (χ4n) is 2.01. The molecule has 1 amide bonds. The summed E-state index contributed by atoms with van der Waals surface area (Å²) in [5, 5.41) is 10.1. The maximum atomic E-state index is 11.8. The molecule has 1 aromatic heterocycles. The first-order chi connectivity index (χ1) is 9.31. The van der Waals surface area contributed by atoms with Gasteiger partial charge in [0.05, 0.1) is 5.69 Å². The topological polar surface area (TPSA) is 71.8 Å². The summed E-state index contributed by atoms with van der Waals surface area (Å²) in [6.07, 6.45) is 3.71. The van der Waals surface area contributed by atoms with Crippen LogP contribution in [0.3, 0.4) is 0 Å². The minimum Gasteiger partial charge on any atom is -0.326 e. The van der Waals surface area contributed by atoms with E-state index in [4.69, 9.17) is 0 Å². The zero-order chi connectivity index (χ0) is 13.1. The third-order valence-corrected chi connectivity index (χ3v) is 3.17. The summed E-state index contributed by atoms with van der Waals surface area (Å²) >= 11 is 0. The van der Waals surface area contributed by atoms with Crippen molar-refractivity contribution in [2.75, 3.05) is 18.4 Å². The number of benzene rings is 1. The van der Waals surface area contributed by atoms with Gasteiger partial charge in [0.15, 0.2) is 0 Å². The quantitative estimate of drug-likeness (QED) is 0.850. The highest BCUT2D eigenvalue weighted by Gasteiger charge is 2.19. The Morgan fingerprint density at radius 2 is 2.16 bits per heavy atom. The standard InChI is InChI=1S/C13H15N5O/c19-13(5-10-6-14-7-10)17-11-1-3-12(4-2-11)18-9-15-8-16-18/h1-4,8-10,14H,5-7H2,(H,17,19). The third kappa shape index (κ3) is 2.79. The minimum absolute atomic E-state index is 0.0694. The number of carbonyl (C=O) groups excluding carboxylic acids is 1. The van der Waals surface area contributed by atoms with Gasteiger partial charge >= 0.3 is 0 Å². The van der Waals surface area contributed by atoms with Crippen LogP contribution in [0, 0.1) is 5.92 Å². The van der Waals surface area contributed by atoms with Crippen molar-refractivity contribution in [3.63, 3.8) is 0 Å². The Bertz CT molecular complexity index is 545. The largest absolute Gasteiger partial charge is 0.326 e.